The number of halogens is 1. The van der Waals surface area contributed by atoms with E-state index in [1.165, 1.54) is 11.3 Å². The summed E-state index contributed by atoms with van der Waals surface area (Å²) in [4.78, 5) is 16.6. The van der Waals surface area contributed by atoms with Crippen LogP contribution < -0.4 is 20.1 Å². The number of rotatable bonds is 2. The molecule has 122 valence electrons. The van der Waals surface area contributed by atoms with Gasteiger partial charge in [-0.3, -0.25) is 5.32 Å². The molecule has 1 aliphatic heterocycles. The van der Waals surface area contributed by atoms with Crippen LogP contribution in [-0.4, -0.2) is 17.8 Å². The highest BCUT2D eigenvalue weighted by Gasteiger charge is 2.15. The highest BCUT2D eigenvalue weighted by atomic mass is 35.5. The number of nitrogens with one attached hydrogen (secondary N) is 2. The molecule has 1 aromatic heterocycles. The maximum Gasteiger partial charge on any atom is 0.325 e. The van der Waals surface area contributed by atoms with Crippen LogP contribution in [0.5, 0.6) is 11.5 Å². The van der Waals surface area contributed by atoms with E-state index in [0.717, 1.165) is 15.8 Å². The molecular weight excluding hydrogens is 350 g/mol. The molecule has 4 rings (SSSR count). The average Bonchev–Trinajstić information content (AvgIpc) is 3.17. The second kappa shape index (κ2) is 5.85. The Labute approximate surface area is 146 Å². The molecule has 2 aromatic carbocycles. The molecule has 8 heteroatoms. The first kappa shape index (κ1) is 15.0. The van der Waals surface area contributed by atoms with Crippen LogP contribution in [0, 0.1) is 6.92 Å². The van der Waals surface area contributed by atoms with Crippen molar-refractivity contribution >= 4 is 50.0 Å². The number of urea groups is 1. The summed E-state index contributed by atoms with van der Waals surface area (Å²) >= 11 is 7.49. The summed E-state index contributed by atoms with van der Waals surface area (Å²) in [6.07, 6.45) is 0. The second-order valence-electron chi connectivity index (χ2n) is 5.19. The Morgan fingerprint density at radius 1 is 1.21 bits per heavy atom. The van der Waals surface area contributed by atoms with Crippen LogP contribution in [0.4, 0.5) is 15.6 Å². The van der Waals surface area contributed by atoms with Gasteiger partial charge in [0.25, 0.3) is 0 Å². The molecule has 6 nitrogen and oxygen atoms in total. The van der Waals surface area contributed by atoms with Crippen LogP contribution in [0.25, 0.3) is 10.2 Å². The number of fused-ring (bicyclic) bond motifs is 2. The summed E-state index contributed by atoms with van der Waals surface area (Å²) in [5.74, 6) is 1.28. The van der Waals surface area contributed by atoms with E-state index >= 15 is 0 Å². The molecule has 24 heavy (non-hydrogen) atoms. The number of ether oxygens (including phenoxy) is 2. The van der Waals surface area contributed by atoms with Crippen LogP contribution in [0.1, 0.15) is 5.56 Å². The molecule has 2 heterocycles. The van der Waals surface area contributed by atoms with Crippen molar-refractivity contribution in [1.82, 2.24) is 4.98 Å². The molecule has 0 saturated heterocycles. The average molecular weight is 362 g/mol. The van der Waals surface area contributed by atoms with E-state index in [2.05, 4.69) is 15.6 Å². The number of carbonyl (C=O) groups is 1. The van der Waals surface area contributed by atoms with Crippen molar-refractivity contribution in [3.8, 4) is 11.5 Å². The summed E-state index contributed by atoms with van der Waals surface area (Å²) in [5, 5.41) is 6.65. The number of amides is 2. The molecule has 0 unspecified atom stereocenters. The molecule has 0 fully saturated rings. The van der Waals surface area contributed by atoms with Gasteiger partial charge in [0.2, 0.25) is 6.79 Å². The maximum absolute atomic E-state index is 12.2. The normalized spacial score (nSPS) is 12.4. The number of hydrogen-bond donors (Lipinski definition) is 2. The largest absolute Gasteiger partial charge is 0.454 e. The predicted molar refractivity (Wildman–Crippen MR) is 94.6 cm³/mol. The fraction of sp³-hybridized carbons (Fsp3) is 0.125. The highest BCUT2D eigenvalue weighted by Crippen LogP contribution is 2.34. The van der Waals surface area contributed by atoms with Crippen LogP contribution in [0.2, 0.25) is 5.02 Å². The topological polar surface area (TPSA) is 72.5 Å². The fourth-order valence-electron chi connectivity index (χ4n) is 2.39. The molecule has 3 aromatic rings. The third-order valence-electron chi connectivity index (χ3n) is 3.60. The first-order chi connectivity index (χ1) is 11.6. The van der Waals surface area contributed by atoms with Gasteiger partial charge in [-0.1, -0.05) is 22.9 Å². The molecule has 0 radical (unpaired) electrons. The van der Waals surface area contributed by atoms with E-state index in [1.807, 2.05) is 19.1 Å². The van der Waals surface area contributed by atoms with Crippen molar-refractivity contribution in [3.63, 3.8) is 0 Å². The SMILES string of the molecule is Cc1c(Cl)ccc2sc(NC(=O)Nc3ccc4c(c3)OCO4)nc12. The Morgan fingerprint density at radius 3 is 2.92 bits per heavy atom. The van der Waals surface area contributed by atoms with Crippen molar-refractivity contribution in [2.24, 2.45) is 0 Å². The van der Waals surface area contributed by atoms with Crippen LogP contribution >= 0.6 is 22.9 Å². The van der Waals surface area contributed by atoms with Crippen molar-refractivity contribution in [3.05, 3.63) is 40.9 Å². The Bertz CT molecular complexity index is 957. The predicted octanol–water partition coefficient (Wildman–Crippen LogP) is 4.63. The monoisotopic (exact) mass is 361 g/mol. The van der Waals surface area contributed by atoms with E-state index in [1.54, 1.807) is 18.2 Å². The number of benzene rings is 2. The number of nitrogens with zero attached hydrogens (tertiary/aromatic N) is 1. The lowest BCUT2D eigenvalue weighted by Gasteiger charge is -2.06. The van der Waals surface area contributed by atoms with Gasteiger partial charge in [0, 0.05) is 16.8 Å². The lowest BCUT2D eigenvalue weighted by molar-refractivity contribution is 0.174. The first-order valence-electron chi connectivity index (χ1n) is 7.13. The Kier molecular flexibility index (Phi) is 3.66. The van der Waals surface area contributed by atoms with E-state index in [-0.39, 0.29) is 12.8 Å². The number of anilines is 2. The molecule has 0 aliphatic carbocycles. The Hall–Kier alpha value is -2.51. The van der Waals surface area contributed by atoms with Gasteiger partial charge in [0.15, 0.2) is 16.6 Å². The highest BCUT2D eigenvalue weighted by molar-refractivity contribution is 7.22. The van der Waals surface area contributed by atoms with Gasteiger partial charge < -0.3 is 14.8 Å². The quantitative estimate of drug-likeness (QED) is 0.698. The summed E-state index contributed by atoms with van der Waals surface area (Å²) in [5.41, 5.74) is 2.30. The number of hydrogen-bond acceptors (Lipinski definition) is 5. The Balaban J connectivity index is 1.51. The molecule has 0 bridgehead atoms. The second-order valence-corrected chi connectivity index (χ2v) is 6.62. The lowest BCUT2D eigenvalue weighted by atomic mass is 10.2. The lowest BCUT2D eigenvalue weighted by Crippen LogP contribution is -2.19. The molecule has 2 N–H and O–H groups in total. The van der Waals surface area contributed by atoms with Gasteiger partial charge in [-0.2, -0.15) is 0 Å². The number of aromatic nitrogens is 1. The van der Waals surface area contributed by atoms with Gasteiger partial charge in [-0.05, 0) is 36.8 Å². The van der Waals surface area contributed by atoms with Gasteiger partial charge in [-0.15, -0.1) is 0 Å². The molecule has 0 atom stereocenters. The summed E-state index contributed by atoms with van der Waals surface area (Å²) in [6.45, 7) is 2.10. The van der Waals surface area contributed by atoms with Crippen molar-refractivity contribution < 1.29 is 14.3 Å². The summed E-state index contributed by atoms with van der Waals surface area (Å²) < 4.78 is 11.5. The summed E-state index contributed by atoms with van der Waals surface area (Å²) in [6, 6.07) is 8.55. The van der Waals surface area contributed by atoms with Crippen molar-refractivity contribution in [1.29, 1.82) is 0 Å². The Morgan fingerprint density at radius 2 is 2.04 bits per heavy atom. The molecule has 0 saturated carbocycles. The third kappa shape index (κ3) is 2.72. The first-order valence-corrected chi connectivity index (χ1v) is 8.33. The number of carbonyl (C=O) groups excluding carboxylic acids is 1. The van der Waals surface area contributed by atoms with Crippen LogP contribution in [0.15, 0.2) is 30.3 Å². The minimum Gasteiger partial charge on any atom is -0.454 e. The zero-order valence-electron chi connectivity index (χ0n) is 12.6. The third-order valence-corrected chi connectivity index (χ3v) is 4.94. The zero-order valence-corrected chi connectivity index (χ0v) is 14.1. The zero-order chi connectivity index (χ0) is 16.7. The standard InChI is InChI=1S/C16H12ClN3O3S/c1-8-10(17)3-5-13-14(8)19-16(24-13)20-15(21)18-9-2-4-11-12(6-9)23-7-22-11/h2-6H,7H2,1H3,(H2,18,19,20,21). The molecule has 0 spiro atoms. The minimum absolute atomic E-state index is 0.193. The maximum atomic E-state index is 12.2. The van der Waals surface area contributed by atoms with E-state index in [4.69, 9.17) is 21.1 Å². The number of aryl methyl sites for hydroxylation is 1. The van der Waals surface area contributed by atoms with Gasteiger partial charge in [0.05, 0.1) is 10.2 Å². The van der Waals surface area contributed by atoms with Crippen LogP contribution in [-0.2, 0) is 0 Å². The van der Waals surface area contributed by atoms with Crippen molar-refractivity contribution in [2.45, 2.75) is 6.92 Å². The van der Waals surface area contributed by atoms with Gasteiger partial charge >= 0.3 is 6.03 Å². The van der Waals surface area contributed by atoms with E-state index in [9.17, 15) is 4.79 Å². The van der Waals surface area contributed by atoms with E-state index < -0.39 is 0 Å². The van der Waals surface area contributed by atoms with Crippen molar-refractivity contribution in [2.75, 3.05) is 17.4 Å². The van der Waals surface area contributed by atoms with Crippen LogP contribution in [0.3, 0.4) is 0 Å². The van der Waals surface area contributed by atoms with E-state index in [0.29, 0.717) is 27.3 Å². The minimum atomic E-state index is -0.378. The molecule has 1 aliphatic rings. The van der Waals surface area contributed by atoms with Gasteiger partial charge in [-0.25, -0.2) is 9.78 Å². The molecular formula is C16H12ClN3O3S. The molecule has 2 amide bonds. The smallest absolute Gasteiger partial charge is 0.325 e. The number of thiazole rings is 1. The fourth-order valence-corrected chi connectivity index (χ4v) is 3.46. The summed E-state index contributed by atoms with van der Waals surface area (Å²) in [7, 11) is 0. The van der Waals surface area contributed by atoms with Gasteiger partial charge in [0.1, 0.15) is 0 Å².